The molecular weight excluding hydrogens is 404 g/mol. The Morgan fingerprint density at radius 2 is 1.84 bits per heavy atom. The molecule has 0 spiro atoms. The Labute approximate surface area is 180 Å². The van der Waals surface area contributed by atoms with Crippen molar-refractivity contribution in [3.05, 3.63) is 53.7 Å². The Bertz CT molecular complexity index is 914. The summed E-state index contributed by atoms with van der Waals surface area (Å²) in [6, 6.07) is 5.32. The lowest BCUT2D eigenvalue weighted by Crippen LogP contribution is -2.36. The van der Waals surface area contributed by atoms with Crippen LogP contribution in [0.5, 0.6) is 5.88 Å². The van der Waals surface area contributed by atoms with Crippen molar-refractivity contribution < 1.29 is 23.1 Å². The van der Waals surface area contributed by atoms with Crippen molar-refractivity contribution in [1.82, 2.24) is 10.3 Å². The van der Waals surface area contributed by atoms with Crippen LogP contribution in [0.25, 0.3) is 0 Å². The number of aromatic nitrogens is 1. The third-order valence-electron chi connectivity index (χ3n) is 5.64. The van der Waals surface area contributed by atoms with Gasteiger partial charge in [0, 0.05) is 6.07 Å². The van der Waals surface area contributed by atoms with Crippen molar-refractivity contribution in [2.75, 3.05) is 5.32 Å². The highest BCUT2D eigenvalue weighted by Gasteiger charge is 2.32. The number of rotatable bonds is 5. The van der Waals surface area contributed by atoms with Gasteiger partial charge in [0.05, 0.1) is 11.9 Å². The van der Waals surface area contributed by atoms with Gasteiger partial charge in [0.2, 0.25) is 5.88 Å². The van der Waals surface area contributed by atoms with Crippen molar-refractivity contribution >= 4 is 17.6 Å². The molecule has 6 nitrogen and oxygen atoms in total. The molecule has 3 atom stereocenters. The minimum Gasteiger partial charge on any atom is -0.474 e. The van der Waals surface area contributed by atoms with Gasteiger partial charge in [-0.15, -0.1) is 0 Å². The van der Waals surface area contributed by atoms with Crippen LogP contribution < -0.4 is 15.4 Å². The summed E-state index contributed by atoms with van der Waals surface area (Å²) in [4.78, 5) is 28.3. The monoisotopic (exact) mass is 431 g/mol. The van der Waals surface area contributed by atoms with Gasteiger partial charge in [0.25, 0.3) is 5.91 Å². The largest absolute Gasteiger partial charge is 0.474 e. The van der Waals surface area contributed by atoms with E-state index in [2.05, 4.69) is 31.1 Å². The summed E-state index contributed by atoms with van der Waals surface area (Å²) in [7, 11) is 0. The van der Waals surface area contributed by atoms with E-state index in [9.17, 15) is 18.4 Å². The lowest BCUT2D eigenvalue weighted by atomic mass is 9.75. The second kappa shape index (κ2) is 9.85. The lowest BCUT2D eigenvalue weighted by Gasteiger charge is -2.37. The highest BCUT2D eigenvalue weighted by atomic mass is 19.1. The molecule has 0 radical (unpaired) electrons. The maximum atomic E-state index is 13.7. The average molecular weight is 431 g/mol. The quantitative estimate of drug-likeness (QED) is 0.685. The zero-order valence-electron chi connectivity index (χ0n) is 17.8. The molecule has 3 amide bonds. The molecule has 2 aromatic rings. The highest BCUT2D eigenvalue weighted by molar-refractivity contribution is 6.08. The molecule has 31 heavy (non-hydrogen) atoms. The van der Waals surface area contributed by atoms with Crippen molar-refractivity contribution in [3.63, 3.8) is 0 Å². The molecule has 0 bridgehead atoms. The molecule has 1 aromatic heterocycles. The van der Waals surface area contributed by atoms with Gasteiger partial charge < -0.3 is 10.1 Å². The van der Waals surface area contributed by atoms with E-state index in [1.807, 2.05) is 5.32 Å². The van der Waals surface area contributed by atoms with Gasteiger partial charge in [-0.1, -0.05) is 33.3 Å². The predicted molar refractivity (Wildman–Crippen MR) is 113 cm³/mol. The summed E-state index contributed by atoms with van der Waals surface area (Å²) in [5.74, 6) is -1.24. The molecule has 3 rings (SSSR count). The van der Waals surface area contributed by atoms with Gasteiger partial charge in [0.15, 0.2) is 0 Å². The van der Waals surface area contributed by atoms with Crippen LogP contribution in [-0.4, -0.2) is 23.0 Å². The number of carbonyl (C=O) groups is 2. The van der Waals surface area contributed by atoms with Gasteiger partial charge in [0.1, 0.15) is 23.3 Å². The van der Waals surface area contributed by atoms with Gasteiger partial charge in [-0.3, -0.25) is 10.1 Å². The van der Waals surface area contributed by atoms with Gasteiger partial charge >= 0.3 is 6.03 Å². The zero-order valence-corrected chi connectivity index (χ0v) is 17.8. The van der Waals surface area contributed by atoms with E-state index >= 15 is 0 Å². The minimum atomic E-state index is -1.17. The number of hydrogen-bond donors (Lipinski definition) is 2. The molecule has 8 heteroatoms. The number of hydrogen-bond acceptors (Lipinski definition) is 4. The Morgan fingerprint density at radius 1 is 1.13 bits per heavy atom. The number of halogens is 2. The normalized spacial score (nSPS) is 20.9. The van der Waals surface area contributed by atoms with Crippen molar-refractivity contribution in [1.29, 1.82) is 0 Å². The molecule has 2 N–H and O–H groups in total. The van der Waals surface area contributed by atoms with Crippen LogP contribution in [0.2, 0.25) is 0 Å². The number of anilines is 1. The first kappa shape index (κ1) is 22.7. The fourth-order valence-corrected chi connectivity index (χ4v) is 3.97. The summed E-state index contributed by atoms with van der Waals surface area (Å²) >= 11 is 0. The lowest BCUT2D eigenvalue weighted by molar-refractivity contribution is 0.0426. The molecule has 0 saturated heterocycles. The van der Waals surface area contributed by atoms with E-state index in [1.54, 1.807) is 12.1 Å². The number of nitrogens with zero attached hydrogens (tertiary/aromatic N) is 1. The fraction of sp³-hybridized carbons (Fsp3) is 0.435. The van der Waals surface area contributed by atoms with E-state index in [0.717, 1.165) is 31.0 Å². The van der Waals surface area contributed by atoms with Crippen molar-refractivity contribution in [2.24, 2.45) is 17.8 Å². The second-order valence-corrected chi connectivity index (χ2v) is 8.37. The number of amides is 3. The van der Waals surface area contributed by atoms with Gasteiger partial charge in [-0.05, 0) is 48.8 Å². The molecular formula is C23H27F2N3O3. The van der Waals surface area contributed by atoms with Crippen LogP contribution in [0.4, 0.5) is 19.3 Å². The third kappa shape index (κ3) is 5.77. The summed E-state index contributed by atoms with van der Waals surface area (Å²) in [5.41, 5.74) is -0.509. The Hall–Kier alpha value is -3.03. The number of carbonyl (C=O) groups excluding carboxylic acids is 2. The highest BCUT2D eigenvalue weighted by Crippen LogP contribution is 2.35. The smallest absolute Gasteiger partial charge is 0.326 e. The summed E-state index contributed by atoms with van der Waals surface area (Å²) in [6.45, 7) is 6.62. The van der Waals surface area contributed by atoms with E-state index in [1.165, 1.54) is 12.6 Å². The van der Waals surface area contributed by atoms with Gasteiger partial charge in [-0.2, -0.15) is 0 Å². The van der Waals surface area contributed by atoms with Crippen molar-refractivity contribution in [3.8, 4) is 5.88 Å². The van der Waals surface area contributed by atoms with Crippen LogP contribution in [0.15, 0.2) is 36.5 Å². The van der Waals surface area contributed by atoms with E-state index < -0.39 is 29.1 Å². The summed E-state index contributed by atoms with van der Waals surface area (Å²) in [5, 5.41) is 4.31. The van der Waals surface area contributed by atoms with Crippen LogP contribution >= 0.6 is 0 Å². The molecule has 166 valence electrons. The van der Waals surface area contributed by atoms with Crippen LogP contribution in [-0.2, 0) is 0 Å². The number of urea groups is 1. The first-order chi connectivity index (χ1) is 14.7. The zero-order chi connectivity index (χ0) is 22.5. The molecule has 1 saturated carbocycles. The summed E-state index contributed by atoms with van der Waals surface area (Å²) < 4.78 is 33.5. The standard InChI is InChI=1S/C23H27F2N3O3/c1-13(2)16-9-7-14(3)11-19(16)31-20-10-8-15(12-26-20)27-23(30)28-22(29)21-17(24)5-4-6-18(21)25/h4-6,8,10,12-14,16,19H,7,9,11H2,1-3H3,(H2,27,28,29,30)/t14-,16+,19-/m0/s1. The molecule has 0 aliphatic heterocycles. The molecule has 1 aliphatic carbocycles. The van der Waals surface area contributed by atoms with Crippen LogP contribution in [0.1, 0.15) is 50.4 Å². The van der Waals surface area contributed by atoms with E-state index in [4.69, 9.17) is 4.74 Å². The molecule has 1 fully saturated rings. The SMILES string of the molecule is CC(C)[C@H]1CC[C@H](C)C[C@@H]1Oc1ccc(NC(=O)NC(=O)c2c(F)cccc2F)cn1. The Balaban J connectivity index is 1.59. The maximum Gasteiger partial charge on any atom is 0.326 e. The first-order valence-corrected chi connectivity index (χ1v) is 10.4. The summed E-state index contributed by atoms with van der Waals surface area (Å²) in [6.07, 6.45) is 4.79. The minimum absolute atomic E-state index is 0.0895. The van der Waals surface area contributed by atoms with Gasteiger partial charge in [-0.25, -0.2) is 18.6 Å². The second-order valence-electron chi connectivity index (χ2n) is 8.37. The topological polar surface area (TPSA) is 80.3 Å². The third-order valence-corrected chi connectivity index (χ3v) is 5.64. The molecule has 1 heterocycles. The predicted octanol–water partition coefficient (Wildman–Crippen LogP) is 5.16. The number of nitrogens with one attached hydrogen (secondary N) is 2. The molecule has 1 aromatic carbocycles. The average Bonchev–Trinajstić information content (AvgIpc) is 2.69. The Morgan fingerprint density at radius 3 is 2.45 bits per heavy atom. The van der Waals surface area contributed by atoms with Crippen LogP contribution in [0.3, 0.4) is 0 Å². The molecule has 0 unspecified atom stereocenters. The maximum absolute atomic E-state index is 13.7. The Kier molecular flexibility index (Phi) is 7.20. The number of pyridine rings is 1. The number of benzene rings is 1. The number of ether oxygens (including phenoxy) is 1. The van der Waals surface area contributed by atoms with E-state index in [-0.39, 0.29) is 6.10 Å². The fourth-order valence-electron chi connectivity index (χ4n) is 3.97. The van der Waals surface area contributed by atoms with Crippen molar-refractivity contribution in [2.45, 2.75) is 46.1 Å². The number of imide groups is 1. The van der Waals surface area contributed by atoms with Crippen LogP contribution in [0, 0.1) is 29.4 Å². The van der Waals surface area contributed by atoms with E-state index in [0.29, 0.717) is 29.3 Å². The first-order valence-electron chi connectivity index (χ1n) is 10.4. The molecule has 1 aliphatic rings.